The topological polar surface area (TPSA) is 92.5 Å². The Labute approximate surface area is 125 Å². The third-order valence-electron chi connectivity index (χ3n) is 3.34. The molecule has 0 spiro atoms. The van der Waals surface area contributed by atoms with Crippen LogP contribution in [0.5, 0.6) is 0 Å². The monoisotopic (exact) mass is 297 g/mol. The molecule has 2 aromatic rings. The van der Waals surface area contributed by atoms with Crippen LogP contribution in [0.2, 0.25) is 0 Å². The molecule has 1 heterocycles. The largest absolute Gasteiger partial charge is 0.323 e. The van der Waals surface area contributed by atoms with E-state index in [2.05, 4.69) is 5.32 Å². The molecule has 0 atom stereocenters. The number of carbonyl (C=O) groups excluding carboxylic acids is 2. The van der Waals surface area contributed by atoms with Crippen LogP contribution in [0.4, 0.5) is 17.1 Å². The average Bonchev–Trinajstić information content (AvgIpc) is 2.53. The van der Waals surface area contributed by atoms with Crippen molar-refractivity contribution >= 4 is 28.9 Å². The molecule has 2 aromatic carbocycles. The van der Waals surface area contributed by atoms with Crippen LogP contribution in [-0.2, 0) is 4.79 Å². The van der Waals surface area contributed by atoms with Gasteiger partial charge in [-0.1, -0.05) is 12.1 Å². The van der Waals surface area contributed by atoms with Crippen LogP contribution in [0.25, 0.3) is 0 Å². The van der Waals surface area contributed by atoms with E-state index in [1.807, 2.05) is 0 Å². The number of nitrogens with one attached hydrogen (secondary N) is 1. The lowest BCUT2D eigenvalue weighted by Gasteiger charge is -2.29. The number of amides is 2. The van der Waals surface area contributed by atoms with Crippen molar-refractivity contribution in [2.75, 3.05) is 16.8 Å². The van der Waals surface area contributed by atoms with Crippen LogP contribution in [0, 0.1) is 10.1 Å². The van der Waals surface area contributed by atoms with Gasteiger partial charge in [0.1, 0.15) is 6.54 Å². The first-order valence-electron chi connectivity index (χ1n) is 6.51. The second kappa shape index (κ2) is 5.28. The fourth-order valence-electron chi connectivity index (χ4n) is 2.30. The predicted molar refractivity (Wildman–Crippen MR) is 79.8 cm³/mol. The molecule has 0 aliphatic carbocycles. The van der Waals surface area contributed by atoms with E-state index >= 15 is 0 Å². The Balaban J connectivity index is 1.95. The number of hydrogen-bond donors (Lipinski definition) is 1. The van der Waals surface area contributed by atoms with Gasteiger partial charge in [0.05, 0.1) is 16.3 Å². The highest BCUT2D eigenvalue weighted by Crippen LogP contribution is 2.30. The van der Waals surface area contributed by atoms with E-state index in [4.69, 9.17) is 0 Å². The third kappa shape index (κ3) is 2.39. The van der Waals surface area contributed by atoms with Gasteiger partial charge < -0.3 is 5.32 Å². The van der Waals surface area contributed by atoms with Crippen LogP contribution < -0.4 is 10.2 Å². The van der Waals surface area contributed by atoms with E-state index in [9.17, 15) is 19.7 Å². The molecule has 0 saturated heterocycles. The minimum atomic E-state index is -0.530. The molecule has 110 valence electrons. The summed E-state index contributed by atoms with van der Waals surface area (Å²) in [6.07, 6.45) is 0. The summed E-state index contributed by atoms with van der Waals surface area (Å²) in [6, 6.07) is 12.3. The summed E-state index contributed by atoms with van der Waals surface area (Å²) < 4.78 is 0. The van der Waals surface area contributed by atoms with Gasteiger partial charge in [-0.2, -0.15) is 0 Å². The summed E-state index contributed by atoms with van der Waals surface area (Å²) in [7, 11) is 0. The smallest absolute Gasteiger partial charge is 0.269 e. The molecule has 0 radical (unpaired) electrons. The molecular weight excluding hydrogens is 286 g/mol. The molecule has 3 rings (SSSR count). The molecule has 0 fully saturated rings. The second-order valence-corrected chi connectivity index (χ2v) is 4.76. The first-order chi connectivity index (χ1) is 10.6. The fraction of sp³-hybridized carbons (Fsp3) is 0.0667. The Bertz CT molecular complexity index is 771. The summed E-state index contributed by atoms with van der Waals surface area (Å²) in [5, 5.41) is 13.3. The predicted octanol–water partition coefficient (Wildman–Crippen LogP) is 2.19. The molecular formula is C15H11N3O4. The zero-order valence-corrected chi connectivity index (χ0v) is 11.4. The van der Waals surface area contributed by atoms with Crippen molar-refractivity contribution in [3.8, 4) is 0 Å². The molecule has 1 N–H and O–H groups in total. The van der Waals surface area contributed by atoms with Crippen LogP contribution >= 0.6 is 0 Å². The van der Waals surface area contributed by atoms with Gasteiger partial charge >= 0.3 is 0 Å². The molecule has 0 saturated carbocycles. The van der Waals surface area contributed by atoms with Gasteiger partial charge in [0.2, 0.25) is 5.91 Å². The Hall–Kier alpha value is -3.22. The van der Waals surface area contributed by atoms with E-state index in [1.165, 1.54) is 29.2 Å². The number of benzene rings is 2. The highest BCUT2D eigenvalue weighted by Gasteiger charge is 2.27. The van der Waals surface area contributed by atoms with Crippen molar-refractivity contribution in [1.29, 1.82) is 0 Å². The van der Waals surface area contributed by atoms with Crippen LogP contribution in [0.15, 0.2) is 48.5 Å². The second-order valence-electron chi connectivity index (χ2n) is 4.76. The minimum Gasteiger partial charge on any atom is -0.323 e. The quantitative estimate of drug-likeness (QED) is 0.679. The van der Waals surface area contributed by atoms with Gasteiger partial charge in [0.15, 0.2) is 0 Å². The molecule has 22 heavy (non-hydrogen) atoms. The number of carbonyl (C=O) groups is 2. The van der Waals surface area contributed by atoms with Crippen molar-refractivity contribution in [2.45, 2.75) is 0 Å². The van der Waals surface area contributed by atoms with Gasteiger partial charge in [0, 0.05) is 17.7 Å². The molecule has 1 aliphatic heterocycles. The summed E-state index contributed by atoms with van der Waals surface area (Å²) in [4.78, 5) is 35.8. The van der Waals surface area contributed by atoms with Crippen molar-refractivity contribution in [3.05, 3.63) is 64.2 Å². The van der Waals surface area contributed by atoms with E-state index in [1.54, 1.807) is 24.3 Å². The third-order valence-corrected chi connectivity index (χ3v) is 3.34. The molecule has 1 aliphatic rings. The fourth-order valence-corrected chi connectivity index (χ4v) is 2.30. The molecule has 7 nitrogen and oxygen atoms in total. The first-order valence-corrected chi connectivity index (χ1v) is 6.51. The van der Waals surface area contributed by atoms with Gasteiger partial charge in [-0.25, -0.2) is 0 Å². The number of nitro groups is 1. The number of nitrogens with zero attached hydrogens (tertiary/aromatic N) is 2. The molecule has 7 heteroatoms. The molecule has 2 amide bonds. The summed E-state index contributed by atoms with van der Waals surface area (Å²) in [5.74, 6) is -0.661. The van der Waals surface area contributed by atoms with Crippen LogP contribution in [0.3, 0.4) is 0 Å². The summed E-state index contributed by atoms with van der Waals surface area (Å²) in [6.45, 7) is -0.0904. The normalized spacial score (nSPS) is 13.3. The summed E-state index contributed by atoms with van der Waals surface area (Å²) in [5.41, 5.74) is 1.36. The number of anilines is 2. The molecule has 0 unspecified atom stereocenters. The van der Waals surface area contributed by atoms with Crippen LogP contribution in [-0.4, -0.2) is 23.3 Å². The average molecular weight is 297 g/mol. The van der Waals surface area contributed by atoms with Crippen molar-refractivity contribution < 1.29 is 14.5 Å². The van der Waals surface area contributed by atoms with E-state index < -0.39 is 4.92 Å². The number of hydrogen-bond acceptors (Lipinski definition) is 4. The number of rotatable bonds is 2. The van der Waals surface area contributed by atoms with Gasteiger partial charge in [-0.05, 0) is 24.3 Å². The van der Waals surface area contributed by atoms with E-state index in [-0.39, 0.29) is 29.6 Å². The maximum Gasteiger partial charge on any atom is 0.269 e. The zero-order chi connectivity index (χ0) is 15.7. The summed E-state index contributed by atoms with van der Waals surface area (Å²) >= 11 is 0. The Kier molecular flexibility index (Phi) is 3.30. The van der Waals surface area contributed by atoms with Crippen LogP contribution in [0.1, 0.15) is 10.4 Å². The lowest BCUT2D eigenvalue weighted by Crippen LogP contribution is -2.42. The standard InChI is InChI=1S/C15H11N3O4/c19-14-9-17(13-4-2-1-3-12(13)16-14)15(20)10-5-7-11(8-6-10)18(21)22/h1-8H,9H2,(H,16,19). The van der Waals surface area contributed by atoms with Gasteiger partial charge in [-0.15, -0.1) is 0 Å². The highest BCUT2D eigenvalue weighted by molar-refractivity contribution is 6.15. The molecule has 0 aromatic heterocycles. The first kappa shape index (κ1) is 13.7. The minimum absolute atomic E-state index is 0.0895. The number of fused-ring (bicyclic) bond motifs is 1. The van der Waals surface area contributed by atoms with Crippen molar-refractivity contribution in [1.82, 2.24) is 0 Å². The van der Waals surface area contributed by atoms with Gasteiger partial charge in [-0.3, -0.25) is 24.6 Å². The zero-order valence-electron chi connectivity index (χ0n) is 11.4. The lowest BCUT2D eigenvalue weighted by molar-refractivity contribution is -0.384. The maximum absolute atomic E-state index is 12.6. The number of para-hydroxylation sites is 2. The van der Waals surface area contributed by atoms with E-state index in [0.717, 1.165) is 0 Å². The van der Waals surface area contributed by atoms with Crippen molar-refractivity contribution in [3.63, 3.8) is 0 Å². The maximum atomic E-state index is 12.6. The van der Waals surface area contributed by atoms with E-state index in [0.29, 0.717) is 11.4 Å². The SMILES string of the molecule is O=C1CN(C(=O)c2ccc([N+](=O)[O-])cc2)c2ccccc2N1. The Morgan fingerprint density at radius 3 is 2.50 bits per heavy atom. The Morgan fingerprint density at radius 2 is 1.82 bits per heavy atom. The lowest BCUT2D eigenvalue weighted by atomic mass is 10.1. The Morgan fingerprint density at radius 1 is 1.14 bits per heavy atom. The number of non-ortho nitro benzene ring substituents is 1. The number of nitro benzene ring substituents is 1. The molecule has 0 bridgehead atoms. The van der Waals surface area contributed by atoms with Crippen molar-refractivity contribution in [2.24, 2.45) is 0 Å². The highest BCUT2D eigenvalue weighted by atomic mass is 16.6. The van der Waals surface area contributed by atoms with Gasteiger partial charge in [0.25, 0.3) is 11.6 Å².